The number of hydrogen-bond acceptors (Lipinski definition) is 3. The van der Waals surface area contributed by atoms with Crippen LogP contribution in [-0.4, -0.2) is 4.98 Å². The fraction of sp³-hybridized carbons (Fsp3) is 0. The first kappa shape index (κ1) is 25.8. The molecule has 2 heterocycles. The molecule has 208 valence electrons. The predicted molar refractivity (Wildman–Crippen MR) is 183 cm³/mol. The van der Waals surface area contributed by atoms with Crippen molar-refractivity contribution in [3.63, 3.8) is 0 Å². The first-order valence-electron chi connectivity index (χ1n) is 14.8. The Kier molecular flexibility index (Phi) is 6.47. The van der Waals surface area contributed by atoms with Gasteiger partial charge < -0.3 is 9.32 Å². The van der Waals surface area contributed by atoms with Gasteiger partial charge in [0.05, 0.1) is 0 Å². The first-order chi connectivity index (χ1) is 21.8. The third-order valence-electron chi connectivity index (χ3n) is 8.18. The number of fused-ring (bicyclic) bond motifs is 3. The molecule has 0 aliphatic carbocycles. The number of para-hydroxylation sites is 1. The molecule has 0 fully saturated rings. The van der Waals surface area contributed by atoms with Gasteiger partial charge in [-0.3, -0.25) is 0 Å². The van der Waals surface area contributed by atoms with Gasteiger partial charge in [-0.1, -0.05) is 115 Å². The van der Waals surface area contributed by atoms with Crippen LogP contribution in [-0.2, 0) is 0 Å². The molecule has 0 bridgehead atoms. The van der Waals surface area contributed by atoms with Crippen molar-refractivity contribution in [1.82, 2.24) is 4.98 Å². The van der Waals surface area contributed by atoms with Crippen LogP contribution in [0.5, 0.6) is 0 Å². The van der Waals surface area contributed by atoms with E-state index >= 15 is 0 Å². The molecule has 6 aromatic carbocycles. The van der Waals surface area contributed by atoms with E-state index in [2.05, 4.69) is 155 Å². The van der Waals surface area contributed by atoms with Crippen LogP contribution in [0.1, 0.15) is 0 Å². The van der Waals surface area contributed by atoms with E-state index in [-0.39, 0.29) is 0 Å². The van der Waals surface area contributed by atoms with E-state index in [0.29, 0.717) is 5.71 Å². The van der Waals surface area contributed by atoms with Gasteiger partial charge in [-0.25, -0.2) is 4.98 Å². The summed E-state index contributed by atoms with van der Waals surface area (Å²) in [6, 6.07) is 57.6. The second kappa shape index (κ2) is 11.0. The van der Waals surface area contributed by atoms with Gasteiger partial charge in [0.1, 0.15) is 5.58 Å². The van der Waals surface area contributed by atoms with E-state index in [4.69, 9.17) is 4.42 Å². The van der Waals surface area contributed by atoms with Crippen LogP contribution < -0.4 is 4.90 Å². The maximum atomic E-state index is 6.23. The molecule has 0 spiro atoms. The van der Waals surface area contributed by atoms with E-state index < -0.39 is 0 Å². The number of aromatic nitrogens is 1. The number of pyridine rings is 1. The van der Waals surface area contributed by atoms with Crippen LogP contribution in [0.25, 0.3) is 55.4 Å². The van der Waals surface area contributed by atoms with E-state index in [1.807, 2.05) is 18.2 Å². The number of hydrogen-bond donors (Lipinski definition) is 0. The highest BCUT2D eigenvalue weighted by molar-refractivity contribution is 6.08. The molecule has 44 heavy (non-hydrogen) atoms. The molecule has 0 saturated carbocycles. The van der Waals surface area contributed by atoms with E-state index in [1.54, 1.807) is 6.20 Å². The summed E-state index contributed by atoms with van der Waals surface area (Å²) < 4.78 is 6.23. The van der Waals surface area contributed by atoms with Crippen LogP contribution in [0.2, 0.25) is 0 Å². The third kappa shape index (κ3) is 4.71. The number of rotatable bonds is 6. The van der Waals surface area contributed by atoms with Crippen LogP contribution in [0.4, 0.5) is 17.1 Å². The zero-order chi connectivity index (χ0) is 29.3. The molecule has 0 amide bonds. The van der Waals surface area contributed by atoms with Gasteiger partial charge in [0, 0.05) is 39.6 Å². The molecule has 8 rings (SSSR count). The minimum atomic E-state index is 0.663. The molecule has 0 radical (unpaired) electrons. The number of furan rings is 1. The van der Waals surface area contributed by atoms with E-state index in [0.717, 1.165) is 44.5 Å². The summed E-state index contributed by atoms with van der Waals surface area (Å²) in [5, 5.41) is 2.11. The van der Waals surface area contributed by atoms with Crippen LogP contribution in [0, 0.1) is 0 Å². The Morgan fingerprint density at radius 3 is 1.41 bits per heavy atom. The smallest absolute Gasteiger partial charge is 0.227 e. The monoisotopic (exact) mass is 564 g/mol. The highest BCUT2D eigenvalue weighted by Gasteiger charge is 2.16. The van der Waals surface area contributed by atoms with Gasteiger partial charge in [-0.2, -0.15) is 0 Å². The molecular formula is C41H28N2O. The summed E-state index contributed by atoms with van der Waals surface area (Å²) >= 11 is 0. The quantitative estimate of drug-likeness (QED) is 0.201. The molecule has 0 aliphatic heterocycles. The lowest BCUT2D eigenvalue weighted by atomic mass is 10.0. The van der Waals surface area contributed by atoms with Gasteiger partial charge in [0.25, 0.3) is 0 Å². The summed E-state index contributed by atoms with van der Waals surface area (Å²) in [4.78, 5) is 6.74. The molecule has 3 nitrogen and oxygen atoms in total. The molecule has 0 unspecified atom stereocenters. The van der Waals surface area contributed by atoms with Crippen LogP contribution >= 0.6 is 0 Å². The molecule has 8 aromatic rings. The summed E-state index contributed by atoms with van der Waals surface area (Å²) in [7, 11) is 0. The van der Waals surface area contributed by atoms with Crippen molar-refractivity contribution in [2.45, 2.75) is 0 Å². The van der Waals surface area contributed by atoms with Gasteiger partial charge in [0.15, 0.2) is 0 Å². The third-order valence-corrected chi connectivity index (χ3v) is 8.18. The average Bonchev–Trinajstić information content (AvgIpc) is 3.49. The standard InChI is InChI=1S/C41H28N2O/c1-3-9-29(10-4-1)31-16-22-34(23-17-31)43(35-24-18-32(19-25-35)30-11-5-2-6-12-30)36-26-20-33(21-27-36)37-13-7-14-38-39-15-8-28-42-41(39)44-40(37)38/h1-28H. The normalized spacial score (nSPS) is 11.2. The van der Waals surface area contributed by atoms with Crippen molar-refractivity contribution < 1.29 is 4.42 Å². The molecule has 0 aliphatic rings. The fourth-order valence-corrected chi connectivity index (χ4v) is 5.96. The van der Waals surface area contributed by atoms with Gasteiger partial charge in [-0.05, 0) is 76.3 Å². The number of anilines is 3. The average molecular weight is 565 g/mol. The van der Waals surface area contributed by atoms with Gasteiger partial charge >= 0.3 is 0 Å². The van der Waals surface area contributed by atoms with Crippen molar-refractivity contribution in [2.75, 3.05) is 4.90 Å². The Labute approximate surface area is 256 Å². The molecule has 0 saturated heterocycles. The largest absolute Gasteiger partial charge is 0.437 e. The molecule has 2 aromatic heterocycles. The van der Waals surface area contributed by atoms with E-state index in [9.17, 15) is 0 Å². The lowest BCUT2D eigenvalue weighted by Crippen LogP contribution is -2.09. The molecule has 0 atom stereocenters. The Hall–Kier alpha value is -5.93. The van der Waals surface area contributed by atoms with E-state index in [1.165, 1.54) is 22.3 Å². The minimum absolute atomic E-state index is 0.663. The van der Waals surface area contributed by atoms with Crippen LogP contribution in [0.3, 0.4) is 0 Å². The molecule has 0 N–H and O–H groups in total. The van der Waals surface area contributed by atoms with Crippen molar-refractivity contribution >= 4 is 39.1 Å². The molecular weight excluding hydrogens is 536 g/mol. The first-order valence-corrected chi connectivity index (χ1v) is 14.8. The van der Waals surface area contributed by atoms with Crippen molar-refractivity contribution in [3.8, 4) is 33.4 Å². The topological polar surface area (TPSA) is 29.3 Å². The Bertz CT molecular complexity index is 2100. The van der Waals surface area contributed by atoms with Crippen LogP contribution in [0.15, 0.2) is 174 Å². The van der Waals surface area contributed by atoms with Gasteiger partial charge in [-0.15, -0.1) is 0 Å². The summed E-state index contributed by atoms with van der Waals surface area (Å²) in [6.45, 7) is 0. The van der Waals surface area contributed by atoms with Gasteiger partial charge in [0.2, 0.25) is 5.71 Å². The maximum absolute atomic E-state index is 6.23. The summed E-state index contributed by atoms with van der Waals surface area (Å²) in [6.07, 6.45) is 1.77. The molecule has 3 heteroatoms. The Balaban J connectivity index is 1.19. The highest BCUT2D eigenvalue weighted by Crippen LogP contribution is 2.39. The highest BCUT2D eigenvalue weighted by atomic mass is 16.3. The second-order valence-corrected chi connectivity index (χ2v) is 10.8. The fourth-order valence-electron chi connectivity index (χ4n) is 5.96. The van der Waals surface area contributed by atoms with Crippen molar-refractivity contribution in [3.05, 3.63) is 170 Å². The minimum Gasteiger partial charge on any atom is -0.437 e. The lowest BCUT2D eigenvalue weighted by Gasteiger charge is -2.26. The van der Waals surface area contributed by atoms with Crippen molar-refractivity contribution in [1.29, 1.82) is 0 Å². The second-order valence-electron chi connectivity index (χ2n) is 10.8. The zero-order valence-corrected chi connectivity index (χ0v) is 24.0. The summed E-state index contributed by atoms with van der Waals surface area (Å²) in [5.74, 6) is 0. The predicted octanol–water partition coefficient (Wildman–Crippen LogP) is 11.5. The maximum Gasteiger partial charge on any atom is 0.227 e. The zero-order valence-electron chi connectivity index (χ0n) is 24.0. The lowest BCUT2D eigenvalue weighted by molar-refractivity contribution is 0.655. The van der Waals surface area contributed by atoms with Crippen molar-refractivity contribution in [2.24, 2.45) is 0 Å². The SMILES string of the molecule is c1ccc(-c2ccc(N(c3ccc(-c4ccccc4)cc3)c3ccc(-c4cccc5c4oc4ncccc45)cc3)cc2)cc1. The number of nitrogens with zero attached hydrogens (tertiary/aromatic N) is 2. The Morgan fingerprint density at radius 2 is 0.864 bits per heavy atom. The number of benzene rings is 6. The Morgan fingerprint density at radius 1 is 0.386 bits per heavy atom. The summed E-state index contributed by atoms with van der Waals surface area (Å²) in [5.41, 5.74) is 11.7.